The first-order valence-corrected chi connectivity index (χ1v) is 15.0. The zero-order valence-electron chi connectivity index (χ0n) is 22.3. The fraction of sp³-hybridized carbons (Fsp3) is 0.0625. The van der Waals surface area contributed by atoms with E-state index < -0.39 is 11.8 Å². The van der Waals surface area contributed by atoms with Crippen molar-refractivity contribution in [3.63, 3.8) is 0 Å². The lowest BCUT2D eigenvalue weighted by molar-refractivity contribution is -0.115. The van der Waals surface area contributed by atoms with E-state index in [1.54, 1.807) is 66.7 Å². The van der Waals surface area contributed by atoms with E-state index in [1.165, 1.54) is 23.1 Å². The lowest BCUT2D eigenvalue weighted by Gasteiger charge is -2.13. The third-order valence-electron chi connectivity index (χ3n) is 6.03. The predicted octanol–water partition coefficient (Wildman–Crippen LogP) is 7.48. The summed E-state index contributed by atoms with van der Waals surface area (Å²) in [5.74, 6) is -1.04. The van der Waals surface area contributed by atoms with Crippen molar-refractivity contribution in [1.82, 2.24) is 10.3 Å². The Morgan fingerprint density at radius 1 is 0.857 bits per heavy atom. The smallest absolute Gasteiger partial charge is 0.272 e. The summed E-state index contributed by atoms with van der Waals surface area (Å²) in [6.45, 7) is 1.83. The van der Waals surface area contributed by atoms with E-state index in [4.69, 9.17) is 11.6 Å². The van der Waals surface area contributed by atoms with Gasteiger partial charge in [0, 0.05) is 21.2 Å². The van der Waals surface area contributed by atoms with Gasteiger partial charge in [0.05, 0.1) is 15.5 Å². The highest BCUT2D eigenvalue weighted by molar-refractivity contribution is 8.00. The number of carbonyl (C=O) groups excluding carboxylic acids is 3. The standard InChI is InChI=1S/C32H25ClN4O3S2/c1-20(29(38)37-32-36-26-9-5-6-10-28(26)42-32)41-25-17-15-24(16-18-25)34-31(40)27(19-21-11-13-23(33)14-12-21)35-30(39)22-7-3-2-4-8-22/h2-20H,1H3,(H,34,40)(H,35,39)(H,36,37,38)/b27-19-. The average molecular weight is 613 g/mol. The lowest BCUT2D eigenvalue weighted by Crippen LogP contribution is -2.30. The van der Waals surface area contributed by atoms with Gasteiger partial charge in [-0.25, -0.2) is 4.98 Å². The number of anilines is 2. The van der Waals surface area contributed by atoms with Crippen LogP contribution in [0.3, 0.4) is 0 Å². The molecule has 0 fully saturated rings. The van der Waals surface area contributed by atoms with E-state index in [2.05, 4.69) is 20.9 Å². The number of benzene rings is 4. The van der Waals surface area contributed by atoms with E-state index in [0.29, 0.717) is 27.0 Å². The minimum Gasteiger partial charge on any atom is -0.321 e. The van der Waals surface area contributed by atoms with Crippen LogP contribution in [0.1, 0.15) is 22.8 Å². The van der Waals surface area contributed by atoms with Gasteiger partial charge in [0.1, 0.15) is 5.70 Å². The molecule has 0 saturated heterocycles. The number of para-hydroxylation sites is 1. The summed E-state index contributed by atoms with van der Waals surface area (Å²) in [7, 11) is 0. The molecule has 0 aliphatic rings. The second kappa shape index (κ2) is 13.5. The SMILES string of the molecule is CC(Sc1ccc(NC(=O)/C(=C/c2ccc(Cl)cc2)NC(=O)c2ccccc2)cc1)C(=O)Nc1nc2ccccc2s1. The van der Waals surface area contributed by atoms with Gasteiger partial charge in [0.15, 0.2) is 5.13 Å². The molecule has 0 radical (unpaired) electrons. The molecule has 0 saturated carbocycles. The molecule has 1 aromatic heterocycles. The van der Waals surface area contributed by atoms with Gasteiger partial charge in [-0.15, -0.1) is 11.8 Å². The molecule has 1 atom stereocenters. The quantitative estimate of drug-likeness (QED) is 0.118. The van der Waals surface area contributed by atoms with Crippen molar-refractivity contribution >= 4 is 79.5 Å². The maximum Gasteiger partial charge on any atom is 0.272 e. The summed E-state index contributed by atoms with van der Waals surface area (Å²) in [4.78, 5) is 44.2. The third kappa shape index (κ3) is 7.64. The van der Waals surface area contributed by atoms with Crippen LogP contribution in [0.25, 0.3) is 16.3 Å². The molecule has 0 bridgehead atoms. The largest absolute Gasteiger partial charge is 0.321 e. The molecule has 0 aliphatic heterocycles. The minimum absolute atomic E-state index is 0.0739. The summed E-state index contributed by atoms with van der Waals surface area (Å²) in [6, 6.07) is 30.5. The van der Waals surface area contributed by atoms with Crippen LogP contribution in [-0.2, 0) is 9.59 Å². The number of thioether (sulfide) groups is 1. The molecule has 210 valence electrons. The van der Waals surface area contributed by atoms with Crippen LogP contribution in [0.5, 0.6) is 0 Å². The second-order valence-corrected chi connectivity index (χ2v) is 12.0. The molecule has 1 heterocycles. The van der Waals surface area contributed by atoms with Crippen LogP contribution in [0.15, 0.2) is 114 Å². The molecule has 3 N–H and O–H groups in total. The summed E-state index contributed by atoms with van der Waals surface area (Å²) in [5, 5.41) is 9.20. The molecule has 7 nitrogen and oxygen atoms in total. The first kappa shape index (κ1) is 29.1. The van der Waals surface area contributed by atoms with Crippen molar-refractivity contribution in [3.8, 4) is 0 Å². The van der Waals surface area contributed by atoms with Gasteiger partial charge >= 0.3 is 0 Å². The molecule has 5 aromatic rings. The first-order valence-electron chi connectivity index (χ1n) is 12.9. The Balaban J connectivity index is 1.23. The average Bonchev–Trinajstić information content (AvgIpc) is 3.41. The van der Waals surface area contributed by atoms with Gasteiger partial charge in [-0.05, 0) is 79.2 Å². The van der Waals surface area contributed by atoms with Crippen molar-refractivity contribution in [2.24, 2.45) is 0 Å². The Bertz CT molecular complexity index is 1720. The number of fused-ring (bicyclic) bond motifs is 1. The normalized spacial score (nSPS) is 12.0. The van der Waals surface area contributed by atoms with Crippen LogP contribution in [0.4, 0.5) is 10.8 Å². The highest BCUT2D eigenvalue weighted by Crippen LogP contribution is 2.28. The molecular weight excluding hydrogens is 588 g/mol. The van der Waals surface area contributed by atoms with E-state index in [9.17, 15) is 14.4 Å². The monoisotopic (exact) mass is 612 g/mol. The number of thiazole rings is 1. The minimum atomic E-state index is -0.488. The Hall–Kier alpha value is -4.44. The molecule has 42 heavy (non-hydrogen) atoms. The number of nitrogens with zero attached hydrogens (tertiary/aromatic N) is 1. The van der Waals surface area contributed by atoms with Gasteiger partial charge < -0.3 is 16.0 Å². The fourth-order valence-corrected chi connectivity index (χ4v) is 5.74. The number of nitrogens with one attached hydrogen (secondary N) is 3. The summed E-state index contributed by atoms with van der Waals surface area (Å²) < 4.78 is 1.01. The number of hydrogen-bond donors (Lipinski definition) is 3. The molecule has 10 heteroatoms. The summed E-state index contributed by atoms with van der Waals surface area (Å²) >= 11 is 8.83. The van der Waals surface area contributed by atoms with Crippen LogP contribution in [0, 0.1) is 0 Å². The van der Waals surface area contributed by atoms with Crippen LogP contribution >= 0.6 is 34.7 Å². The maximum absolute atomic E-state index is 13.3. The number of halogens is 1. The topological polar surface area (TPSA) is 100 Å². The Labute approximate surface area is 256 Å². The molecule has 5 rings (SSSR count). The number of amides is 3. The zero-order valence-corrected chi connectivity index (χ0v) is 24.7. The number of aromatic nitrogens is 1. The highest BCUT2D eigenvalue weighted by Gasteiger charge is 2.18. The van der Waals surface area contributed by atoms with Crippen molar-refractivity contribution in [3.05, 3.63) is 125 Å². The third-order valence-corrected chi connectivity index (χ3v) is 8.34. The van der Waals surface area contributed by atoms with Crippen LogP contribution in [0.2, 0.25) is 5.02 Å². The fourth-order valence-electron chi connectivity index (χ4n) is 3.87. The molecule has 1 unspecified atom stereocenters. The molecule has 0 aliphatic carbocycles. The van der Waals surface area contributed by atoms with Gasteiger partial charge in [-0.1, -0.05) is 65.4 Å². The van der Waals surface area contributed by atoms with E-state index in [0.717, 1.165) is 15.1 Å². The number of hydrogen-bond acceptors (Lipinski definition) is 6. The van der Waals surface area contributed by atoms with Crippen LogP contribution < -0.4 is 16.0 Å². The van der Waals surface area contributed by atoms with Crippen molar-refractivity contribution < 1.29 is 14.4 Å². The van der Waals surface area contributed by atoms with Crippen molar-refractivity contribution in [1.29, 1.82) is 0 Å². The summed E-state index contributed by atoms with van der Waals surface area (Å²) in [5.41, 5.74) is 2.58. The molecule has 3 amide bonds. The zero-order chi connectivity index (χ0) is 29.5. The first-order chi connectivity index (χ1) is 20.3. The highest BCUT2D eigenvalue weighted by atomic mass is 35.5. The molecular formula is C32H25ClN4O3S2. The van der Waals surface area contributed by atoms with Gasteiger partial charge in [0.25, 0.3) is 11.8 Å². The van der Waals surface area contributed by atoms with E-state index in [-0.39, 0.29) is 16.9 Å². The molecule has 0 spiro atoms. The van der Waals surface area contributed by atoms with Crippen LogP contribution in [-0.4, -0.2) is 28.0 Å². The molecule has 4 aromatic carbocycles. The van der Waals surface area contributed by atoms with Gasteiger partial charge in [-0.3, -0.25) is 14.4 Å². The summed E-state index contributed by atoms with van der Waals surface area (Å²) in [6.07, 6.45) is 1.59. The number of rotatable bonds is 9. The van der Waals surface area contributed by atoms with E-state index >= 15 is 0 Å². The van der Waals surface area contributed by atoms with Gasteiger partial charge in [-0.2, -0.15) is 0 Å². The Kier molecular flexibility index (Phi) is 9.33. The van der Waals surface area contributed by atoms with E-state index in [1.807, 2.05) is 49.4 Å². The number of carbonyl (C=O) groups is 3. The second-order valence-electron chi connectivity index (χ2n) is 9.14. The predicted molar refractivity (Wildman–Crippen MR) is 172 cm³/mol. The lowest BCUT2D eigenvalue weighted by atomic mass is 10.1. The van der Waals surface area contributed by atoms with Crippen molar-refractivity contribution in [2.75, 3.05) is 10.6 Å². The Morgan fingerprint density at radius 3 is 2.26 bits per heavy atom. The Morgan fingerprint density at radius 2 is 1.55 bits per heavy atom. The van der Waals surface area contributed by atoms with Crippen molar-refractivity contribution in [2.45, 2.75) is 17.1 Å². The van der Waals surface area contributed by atoms with Gasteiger partial charge in [0.2, 0.25) is 5.91 Å². The maximum atomic E-state index is 13.3.